The van der Waals surface area contributed by atoms with Crippen LogP contribution in [0.4, 0.5) is 15.2 Å². The van der Waals surface area contributed by atoms with Crippen LogP contribution in [-0.2, 0) is 11.4 Å². The lowest BCUT2D eigenvalue weighted by Gasteiger charge is -2.23. The maximum absolute atomic E-state index is 13.1. The third kappa shape index (κ3) is 5.46. The van der Waals surface area contributed by atoms with Gasteiger partial charge in [0.25, 0.3) is 0 Å². The topological polar surface area (TPSA) is 59.5 Å². The van der Waals surface area contributed by atoms with Crippen LogP contribution in [0.2, 0.25) is 0 Å². The molecule has 35 heavy (non-hydrogen) atoms. The molecule has 0 unspecified atom stereocenters. The Morgan fingerprint density at radius 1 is 0.943 bits per heavy atom. The molecule has 0 aliphatic carbocycles. The van der Waals surface area contributed by atoms with E-state index in [2.05, 4.69) is 17.1 Å². The van der Waals surface area contributed by atoms with Crippen molar-refractivity contribution in [3.8, 4) is 5.75 Å². The van der Waals surface area contributed by atoms with Gasteiger partial charge in [-0.3, -0.25) is 14.5 Å². The predicted octanol–water partition coefficient (Wildman–Crippen LogP) is 6.70. The van der Waals surface area contributed by atoms with Crippen molar-refractivity contribution in [1.82, 2.24) is 4.98 Å². The number of rotatable bonds is 7. The number of aryl methyl sites for hydroxylation is 3. The maximum Gasteiger partial charge on any atom is 0.230 e. The van der Waals surface area contributed by atoms with Gasteiger partial charge in [-0.05, 0) is 80.4 Å². The highest BCUT2D eigenvalue weighted by Gasteiger charge is 2.22. The summed E-state index contributed by atoms with van der Waals surface area (Å²) in [5.41, 5.74) is 5.63. The zero-order valence-electron chi connectivity index (χ0n) is 20.0. The van der Waals surface area contributed by atoms with E-state index in [-0.39, 0.29) is 24.1 Å². The molecular formula is C28H25FN2O3S. The highest BCUT2D eigenvalue weighted by Crippen LogP contribution is 2.34. The summed E-state index contributed by atoms with van der Waals surface area (Å²) in [6.07, 6.45) is 0. The van der Waals surface area contributed by atoms with Crippen molar-refractivity contribution in [1.29, 1.82) is 0 Å². The molecule has 1 heterocycles. The lowest BCUT2D eigenvalue weighted by atomic mass is 10.0. The first-order chi connectivity index (χ1) is 16.7. The first kappa shape index (κ1) is 24.3. The molecule has 4 rings (SSSR count). The fourth-order valence-corrected chi connectivity index (χ4v) is 4.86. The minimum Gasteiger partial charge on any atom is -0.487 e. The van der Waals surface area contributed by atoms with Crippen LogP contribution in [0.25, 0.3) is 0 Å². The smallest absolute Gasteiger partial charge is 0.230 e. The number of amides is 1. The Bertz CT molecular complexity index is 1360. The summed E-state index contributed by atoms with van der Waals surface area (Å²) < 4.78 is 19.0. The van der Waals surface area contributed by atoms with Crippen molar-refractivity contribution in [2.45, 2.75) is 34.3 Å². The number of halogens is 1. The Labute approximate surface area is 207 Å². The van der Waals surface area contributed by atoms with Crippen molar-refractivity contribution in [3.05, 3.63) is 105 Å². The van der Waals surface area contributed by atoms with Gasteiger partial charge in [-0.15, -0.1) is 11.3 Å². The molecule has 1 amide bonds. The molecule has 0 aliphatic heterocycles. The molecule has 7 heteroatoms. The summed E-state index contributed by atoms with van der Waals surface area (Å²) >= 11 is 1.39. The fourth-order valence-electron chi connectivity index (χ4n) is 4.01. The second kappa shape index (κ2) is 10.2. The van der Waals surface area contributed by atoms with Gasteiger partial charge >= 0.3 is 0 Å². The number of thiazole rings is 1. The first-order valence-electron chi connectivity index (χ1n) is 11.1. The van der Waals surface area contributed by atoms with Crippen molar-refractivity contribution < 1.29 is 18.7 Å². The Morgan fingerprint density at radius 3 is 2.09 bits per heavy atom. The van der Waals surface area contributed by atoms with E-state index in [4.69, 9.17) is 4.74 Å². The molecule has 4 aromatic rings. The van der Waals surface area contributed by atoms with Gasteiger partial charge in [-0.1, -0.05) is 17.7 Å². The third-order valence-corrected chi connectivity index (χ3v) is 6.39. The van der Waals surface area contributed by atoms with Crippen LogP contribution >= 0.6 is 11.3 Å². The van der Waals surface area contributed by atoms with E-state index < -0.39 is 0 Å². The predicted molar refractivity (Wildman–Crippen MR) is 136 cm³/mol. The maximum atomic E-state index is 13.1. The van der Waals surface area contributed by atoms with Crippen molar-refractivity contribution in [2.24, 2.45) is 0 Å². The molecule has 0 spiro atoms. The average molecular weight is 489 g/mol. The van der Waals surface area contributed by atoms with E-state index in [1.165, 1.54) is 42.5 Å². The summed E-state index contributed by atoms with van der Waals surface area (Å²) in [5.74, 6) is -0.0927. The highest BCUT2D eigenvalue weighted by atomic mass is 32.1. The van der Waals surface area contributed by atoms with Crippen LogP contribution < -0.4 is 9.64 Å². The van der Waals surface area contributed by atoms with E-state index in [9.17, 15) is 14.0 Å². The molecule has 3 aromatic carbocycles. The Hall–Kier alpha value is -3.84. The number of aromatic nitrogens is 1. The number of carbonyl (C=O) groups excluding carboxylic acids is 2. The second-order valence-corrected chi connectivity index (χ2v) is 9.21. The van der Waals surface area contributed by atoms with Crippen molar-refractivity contribution in [2.75, 3.05) is 4.90 Å². The SMILES string of the molecule is CC(=O)N(c1nc(COc2ccc(C(=O)c3ccc(F)cc3)cc2)cs1)c1c(C)cc(C)cc1C. The van der Waals surface area contributed by atoms with E-state index in [0.29, 0.717) is 27.7 Å². The number of anilines is 2. The van der Waals surface area contributed by atoms with Crippen LogP contribution in [-0.4, -0.2) is 16.7 Å². The zero-order valence-corrected chi connectivity index (χ0v) is 20.8. The van der Waals surface area contributed by atoms with Crippen LogP contribution in [0.5, 0.6) is 5.75 Å². The van der Waals surface area contributed by atoms with Crippen molar-refractivity contribution >= 4 is 33.8 Å². The summed E-state index contributed by atoms with van der Waals surface area (Å²) in [7, 11) is 0. The zero-order chi connectivity index (χ0) is 25.1. The number of hydrogen-bond donors (Lipinski definition) is 0. The van der Waals surface area contributed by atoms with E-state index in [1.54, 1.807) is 29.2 Å². The van der Waals surface area contributed by atoms with Crippen LogP contribution in [0.3, 0.4) is 0 Å². The second-order valence-electron chi connectivity index (χ2n) is 8.37. The third-order valence-electron chi connectivity index (χ3n) is 5.51. The van der Waals surface area contributed by atoms with E-state index in [1.807, 2.05) is 26.2 Å². The summed E-state index contributed by atoms with van der Waals surface area (Å²) in [6, 6.07) is 16.3. The van der Waals surface area contributed by atoms with Crippen LogP contribution in [0.1, 0.15) is 45.2 Å². The average Bonchev–Trinajstić information content (AvgIpc) is 3.28. The Kier molecular flexibility index (Phi) is 7.07. The van der Waals surface area contributed by atoms with Gasteiger partial charge in [0.1, 0.15) is 18.2 Å². The van der Waals surface area contributed by atoms with Gasteiger partial charge in [0.15, 0.2) is 10.9 Å². The van der Waals surface area contributed by atoms with Gasteiger partial charge < -0.3 is 4.74 Å². The molecule has 1 aromatic heterocycles. The quantitative estimate of drug-likeness (QED) is 0.272. The summed E-state index contributed by atoms with van der Waals surface area (Å²) in [6.45, 7) is 7.77. The molecule has 178 valence electrons. The molecule has 0 N–H and O–H groups in total. The van der Waals surface area contributed by atoms with Gasteiger partial charge in [-0.2, -0.15) is 0 Å². The molecule has 0 radical (unpaired) electrons. The number of benzene rings is 3. The number of nitrogens with zero attached hydrogens (tertiary/aromatic N) is 2. The van der Waals surface area contributed by atoms with Crippen molar-refractivity contribution in [3.63, 3.8) is 0 Å². The normalized spacial score (nSPS) is 10.8. The Balaban J connectivity index is 1.46. The minimum absolute atomic E-state index is 0.108. The largest absolute Gasteiger partial charge is 0.487 e. The number of hydrogen-bond acceptors (Lipinski definition) is 5. The van der Waals surface area contributed by atoms with Crippen LogP contribution in [0.15, 0.2) is 66.0 Å². The molecule has 0 atom stereocenters. The number of ether oxygens (including phenoxy) is 1. The molecule has 0 saturated heterocycles. The number of carbonyl (C=O) groups is 2. The monoisotopic (exact) mass is 488 g/mol. The molecule has 0 saturated carbocycles. The molecule has 0 bridgehead atoms. The lowest BCUT2D eigenvalue weighted by molar-refractivity contribution is -0.115. The highest BCUT2D eigenvalue weighted by molar-refractivity contribution is 7.14. The molecule has 0 fully saturated rings. The standard InChI is InChI=1S/C28H25FN2O3S/c1-17-13-18(2)26(19(3)14-17)31(20(4)32)28-30-24(16-35-28)15-34-25-11-7-22(8-12-25)27(33)21-5-9-23(29)10-6-21/h5-14,16H,15H2,1-4H3. The van der Waals surface area contributed by atoms with Gasteiger partial charge in [0, 0.05) is 23.4 Å². The molecular weight excluding hydrogens is 463 g/mol. The Morgan fingerprint density at radius 2 is 1.51 bits per heavy atom. The summed E-state index contributed by atoms with van der Waals surface area (Å²) in [4.78, 5) is 31.4. The van der Waals surface area contributed by atoms with Gasteiger partial charge in [0.2, 0.25) is 5.91 Å². The molecule has 0 aliphatic rings. The minimum atomic E-state index is -0.383. The van der Waals surface area contributed by atoms with E-state index in [0.717, 1.165) is 22.4 Å². The van der Waals surface area contributed by atoms with Crippen LogP contribution in [0, 0.1) is 26.6 Å². The van der Waals surface area contributed by atoms with Gasteiger partial charge in [0.05, 0.1) is 11.4 Å². The van der Waals surface area contributed by atoms with E-state index >= 15 is 0 Å². The van der Waals surface area contributed by atoms with Gasteiger partial charge in [-0.25, -0.2) is 9.37 Å². The lowest BCUT2D eigenvalue weighted by Crippen LogP contribution is -2.24. The fraction of sp³-hybridized carbons (Fsp3) is 0.179. The molecule has 5 nitrogen and oxygen atoms in total. The first-order valence-corrected chi connectivity index (χ1v) is 12.0. The summed E-state index contributed by atoms with van der Waals surface area (Å²) in [5, 5.41) is 2.46. The number of ketones is 1.